The lowest BCUT2D eigenvalue weighted by molar-refractivity contribution is -0.384. The molecule has 0 amide bonds. The maximum Gasteiger partial charge on any atom is 0.293 e. The van der Waals surface area contributed by atoms with E-state index in [1.54, 1.807) is 12.1 Å². The van der Waals surface area contributed by atoms with E-state index in [1.807, 2.05) is 41.3 Å². The van der Waals surface area contributed by atoms with Crippen LogP contribution in [0.3, 0.4) is 0 Å². The molecule has 1 unspecified atom stereocenters. The summed E-state index contributed by atoms with van der Waals surface area (Å²) in [4.78, 5) is 13.0. The van der Waals surface area contributed by atoms with Gasteiger partial charge in [-0.25, -0.2) is 0 Å². The lowest BCUT2D eigenvalue weighted by Gasteiger charge is -2.35. The molecule has 0 radical (unpaired) electrons. The summed E-state index contributed by atoms with van der Waals surface area (Å²) < 4.78 is 0.701. The highest BCUT2D eigenvalue weighted by atomic mass is 79.9. The van der Waals surface area contributed by atoms with Crippen molar-refractivity contribution >= 4 is 27.3 Å². The van der Waals surface area contributed by atoms with Crippen LogP contribution < -0.4 is 4.90 Å². The van der Waals surface area contributed by atoms with Crippen molar-refractivity contribution in [2.75, 3.05) is 18.0 Å². The zero-order valence-electron chi connectivity index (χ0n) is 13.1. The predicted octanol–water partition coefficient (Wildman–Crippen LogP) is 4.31. The molecule has 1 heterocycles. The summed E-state index contributed by atoms with van der Waals surface area (Å²) in [6, 6.07) is 14.8. The van der Waals surface area contributed by atoms with E-state index in [4.69, 9.17) is 0 Å². The Hall–Kier alpha value is -1.92. The van der Waals surface area contributed by atoms with E-state index < -0.39 is 6.10 Å². The molecule has 24 heavy (non-hydrogen) atoms. The van der Waals surface area contributed by atoms with Crippen molar-refractivity contribution in [3.8, 4) is 0 Å². The van der Waals surface area contributed by atoms with Gasteiger partial charge in [-0.2, -0.15) is 0 Å². The van der Waals surface area contributed by atoms with E-state index in [9.17, 15) is 15.2 Å². The summed E-state index contributed by atoms with van der Waals surface area (Å²) in [7, 11) is 0. The lowest BCUT2D eigenvalue weighted by Crippen LogP contribution is -2.36. The molecular formula is C18H19BrN2O3. The standard InChI is InChI=1S/C18H19BrN2O3/c19-15-6-7-16(17(12-15)21(23)24)20-10-8-14(9-11-20)18(22)13-4-2-1-3-5-13/h1-7,12,14,18,22H,8-11H2. The molecule has 3 rings (SSSR count). The molecule has 0 aliphatic carbocycles. The molecule has 1 aliphatic rings. The first-order valence-electron chi connectivity index (χ1n) is 7.98. The highest BCUT2D eigenvalue weighted by molar-refractivity contribution is 9.10. The number of rotatable bonds is 4. The van der Waals surface area contributed by atoms with Gasteiger partial charge in [0.25, 0.3) is 5.69 Å². The van der Waals surface area contributed by atoms with Gasteiger partial charge in [0.15, 0.2) is 0 Å². The quantitative estimate of drug-likeness (QED) is 0.623. The molecule has 0 bridgehead atoms. The van der Waals surface area contributed by atoms with Gasteiger partial charge in [-0.05, 0) is 36.5 Å². The average molecular weight is 391 g/mol. The van der Waals surface area contributed by atoms with Gasteiger partial charge in [-0.1, -0.05) is 46.3 Å². The Morgan fingerprint density at radius 2 is 1.83 bits per heavy atom. The Balaban J connectivity index is 1.71. The van der Waals surface area contributed by atoms with Gasteiger partial charge < -0.3 is 10.0 Å². The maximum absolute atomic E-state index is 11.3. The molecule has 1 N–H and O–H groups in total. The van der Waals surface area contributed by atoms with Crippen LogP contribution in [0, 0.1) is 16.0 Å². The number of benzene rings is 2. The molecule has 1 saturated heterocycles. The molecule has 0 aromatic heterocycles. The van der Waals surface area contributed by atoms with Crippen LogP contribution in [-0.4, -0.2) is 23.1 Å². The molecule has 0 spiro atoms. The van der Waals surface area contributed by atoms with Gasteiger partial charge >= 0.3 is 0 Å². The Morgan fingerprint density at radius 3 is 2.46 bits per heavy atom. The van der Waals surface area contributed by atoms with Crippen LogP contribution in [0.25, 0.3) is 0 Å². The van der Waals surface area contributed by atoms with E-state index >= 15 is 0 Å². The van der Waals surface area contributed by atoms with Crippen molar-refractivity contribution in [1.82, 2.24) is 0 Å². The molecule has 1 fully saturated rings. The topological polar surface area (TPSA) is 66.6 Å². The second-order valence-electron chi connectivity index (χ2n) is 6.07. The predicted molar refractivity (Wildman–Crippen MR) is 97.1 cm³/mol. The van der Waals surface area contributed by atoms with Crippen LogP contribution in [0.5, 0.6) is 0 Å². The minimum absolute atomic E-state index is 0.117. The summed E-state index contributed by atoms with van der Waals surface area (Å²) in [6.07, 6.45) is 1.14. The number of nitro groups is 1. The number of piperidine rings is 1. The zero-order chi connectivity index (χ0) is 17.1. The monoisotopic (exact) mass is 390 g/mol. The summed E-state index contributed by atoms with van der Waals surface area (Å²) in [5, 5.41) is 21.8. The van der Waals surface area contributed by atoms with Gasteiger partial charge in [0.05, 0.1) is 11.0 Å². The second kappa shape index (κ2) is 7.32. The summed E-state index contributed by atoms with van der Waals surface area (Å²) in [5.41, 5.74) is 1.70. The Morgan fingerprint density at radius 1 is 1.17 bits per heavy atom. The van der Waals surface area contributed by atoms with Crippen molar-refractivity contribution in [2.45, 2.75) is 18.9 Å². The summed E-state index contributed by atoms with van der Waals surface area (Å²) in [6.45, 7) is 1.41. The Labute approximate surface area is 149 Å². The Kier molecular flexibility index (Phi) is 5.16. The smallest absolute Gasteiger partial charge is 0.293 e. The van der Waals surface area contributed by atoms with Crippen LogP contribution >= 0.6 is 15.9 Å². The first kappa shape index (κ1) is 16.9. The molecule has 0 saturated carbocycles. The third-order valence-corrected chi connectivity index (χ3v) is 5.10. The minimum Gasteiger partial charge on any atom is -0.388 e. The Bertz CT molecular complexity index is 715. The van der Waals surface area contributed by atoms with Crippen LogP contribution in [0.2, 0.25) is 0 Å². The molecular weight excluding hydrogens is 372 g/mol. The van der Waals surface area contributed by atoms with Gasteiger partial charge in [0, 0.05) is 23.6 Å². The average Bonchev–Trinajstić information content (AvgIpc) is 2.62. The maximum atomic E-state index is 11.3. The number of halogens is 1. The van der Waals surface area contributed by atoms with Crippen molar-refractivity contribution < 1.29 is 10.0 Å². The van der Waals surface area contributed by atoms with Crippen molar-refractivity contribution in [1.29, 1.82) is 0 Å². The van der Waals surface area contributed by atoms with Gasteiger partial charge in [-0.3, -0.25) is 10.1 Å². The molecule has 1 aliphatic heterocycles. The summed E-state index contributed by atoms with van der Waals surface area (Å²) in [5.74, 6) is 0.179. The molecule has 2 aromatic rings. The van der Waals surface area contributed by atoms with Crippen molar-refractivity contribution in [3.63, 3.8) is 0 Å². The highest BCUT2D eigenvalue weighted by Gasteiger charge is 2.29. The van der Waals surface area contributed by atoms with Crippen LogP contribution in [-0.2, 0) is 0 Å². The first-order valence-corrected chi connectivity index (χ1v) is 8.77. The van der Waals surface area contributed by atoms with Crippen molar-refractivity contribution in [2.24, 2.45) is 5.92 Å². The SMILES string of the molecule is O=[N+]([O-])c1cc(Br)ccc1N1CCC(C(O)c2ccccc2)CC1. The normalized spacial score (nSPS) is 16.8. The van der Waals surface area contributed by atoms with E-state index in [0.29, 0.717) is 23.2 Å². The van der Waals surface area contributed by atoms with Gasteiger partial charge in [0.2, 0.25) is 0 Å². The van der Waals surface area contributed by atoms with E-state index in [0.717, 1.165) is 18.4 Å². The fourth-order valence-electron chi connectivity index (χ4n) is 3.29. The van der Waals surface area contributed by atoms with E-state index in [1.165, 1.54) is 0 Å². The highest BCUT2D eigenvalue weighted by Crippen LogP contribution is 2.36. The lowest BCUT2D eigenvalue weighted by atomic mass is 9.87. The second-order valence-corrected chi connectivity index (χ2v) is 6.99. The number of anilines is 1. The van der Waals surface area contributed by atoms with Crippen LogP contribution in [0.4, 0.5) is 11.4 Å². The number of hydrogen-bond acceptors (Lipinski definition) is 4. The number of nitro benzene ring substituents is 1. The van der Waals surface area contributed by atoms with Crippen LogP contribution in [0.15, 0.2) is 53.0 Å². The van der Waals surface area contributed by atoms with Crippen LogP contribution in [0.1, 0.15) is 24.5 Å². The first-order chi connectivity index (χ1) is 11.6. The molecule has 6 heteroatoms. The third-order valence-electron chi connectivity index (χ3n) is 4.60. The van der Waals surface area contributed by atoms with Crippen molar-refractivity contribution in [3.05, 3.63) is 68.7 Å². The number of aliphatic hydroxyl groups excluding tert-OH is 1. The fourth-order valence-corrected chi connectivity index (χ4v) is 3.64. The van der Waals surface area contributed by atoms with Gasteiger partial charge in [-0.15, -0.1) is 0 Å². The fraction of sp³-hybridized carbons (Fsp3) is 0.333. The minimum atomic E-state index is -0.478. The third kappa shape index (κ3) is 3.60. The largest absolute Gasteiger partial charge is 0.388 e. The van der Waals surface area contributed by atoms with E-state index in [2.05, 4.69) is 15.9 Å². The molecule has 5 nitrogen and oxygen atoms in total. The molecule has 126 valence electrons. The zero-order valence-corrected chi connectivity index (χ0v) is 14.7. The molecule has 1 atom stereocenters. The summed E-state index contributed by atoms with van der Waals surface area (Å²) >= 11 is 3.29. The number of aliphatic hydroxyl groups is 1. The van der Waals surface area contributed by atoms with Gasteiger partial charge in [0.1, 0.15) is 5.69 Å². The number of hydrogen-bond donors (Lipinski definition) is 1. The molecule has 2 aromatic carbocycles. The number of nitrogens with zero attached hydrogens (tertiary/aromatic N) is 2. The van der Waals surface area contributed by atoms with E-state index in [-0.39, 0.29) is 16.5 Å².